The van der Waals surface area contributed by atoms with E-state index in [0.717, 1.165) is 11.1 Å². The predicted octanol–water partition coefficient (Wildman–Crippen LogP) is 2.59. The van der Waals surface area contributed by atoms with Gasteiger partial charge in [-0.3, -0.25) is 9.78 Å². The van der Waals surface area contributed by atoms with Crippen molar-refractivity contribution in [3.63, 3.8) is 0 Å². The standard InChI is InChI=1S/C14H10N2O/c17-14-12-8-11(10-4-2-1-3-5-10)9-16-13(12)6-7-15-14/h1-9H,(H,15,17). The fraction of sp³-hybridized carbons (Fsp3) is 0. The number of aromatic nitrogens is 2. The molecule has 0 bridgehead atoms. The molecule has 0 fully saturated rings. The molecule has 17 heavy (non-hydrogen) atoms. The number of nitrogens with one attached hydrogen (secondary N) is 1. The van der Waals surface area contributed by atoms with Crippen molar-refractivity contribution in [1.82, 2.24) is 9.97 Å². The molecule has 2 aromatic heterocycles. The number of rotatable bonds is 1. The zero-order chi connectivity index (χ0) is 11.7. The summed E-state index contributed by atoms with van der Waals surface area (Å²) in [5.41, 5.74) is 2.63. The van der Waals surface area contributed by atoms with E-state index in [4.69, 9.17) is 0 Å². The Morgan fingerprint density at radius 2 is 1.82 bits per heavy atom. The van der Waals surface area contributed by atoms with E-state index in [1.165, 1.54) is 0 Å². The van der Waals surface area contributed by atoms with Crippen LogP contribution in [0, 0.1) is 0 Å². The molecular formula is C14H10N2O. The van der Waals surface area contributed by atoms with E-state index in [-0.39, 0.29) is 5.56 Å². The van der Waals surface area contributed by atoms with Gasteiger partial charge in [0.25, 0.3) is 5.56 Å². The lowest BCUT2D eigenvalue weighted by Gasteiger charge is -2.02. The zero-order valence-electron chi connectivity index (χ0n) is 9.05. The van der Waals surface area contributed by atoms with Crippen LogP contribution in [0.3, 0.4) is 0 Å². The molecule has 3 rings (SSSR count). The van der Waals surface area contributed by atoms with Crippen LogP contribution in [0.25, 0.3) is 22.0 Å². The van der Waals surface area contributed by atoms with E-state index in [9.17, 15) is 4.79 Å². The summed E-state index contributed by atoms with van der Waals surface area (Å²) in [7, 11) is 0. The molecule has 0 aliphatic rings. The largest absolute Gasteiger partial charge is 0.328 e. The molecule has 0 radical (unpaired) electrons. The third-order valence-electron chi connectivity index (χ3n) is 2.73. The van der Waals surface area contributed by atoms with Crippen LogP contribution in [0.4, 0.5) is 0 Å². The molecule has 0 aliphatic carbocycles. The molecule has 0 saturated heterocycles. The minimum atomic E-state index is -0.104. The van der Waals surface area contributed by atoms with Crippen LogP contribution in [-0.4, -0.2) is 9.97 Å². The van der Waals surface area contributed by atoms with Crippen molar-refractivity contribution < 1.29 is 0 Å². The fourth-order valence-corrected chi connectivity index (χ4v) is 1.85. The summed E-state index contributed by atoms with van der Waals surface area (Å²) >= 11 is 0. The first kappa shape index (κ1) is 9.78. The number of pyridine rings is 2. The molecule has 3 nitrogen and oxygen atoms in total. The average Bonchev–Trinajstić information content (AvgIpc) is 2.40. The molecule has 0 spiro atoms. The number of fused-ring (bicyclic) bond motifs is 1. The second-order valence-corrected chi connectivity index (χ2v) is 3.83. The molecule has 2 heterocycles. The van der Waals surface area contributed by atoms with E-state index in [1.807, 2.05) is 36.4 Å². The Balaban J connectivity index is 2.27. The Morgan fingerprint density at radius 1 is 1.00 bits per heavy atom. The molecule has 0 aliphatic heterocycles. The van der Waals surface area contributed by atoms with Gasteiger partial charge in [0.2, 0.25) is 0 Å². The first-order valence-corrected chi connectivity index (χ1v) is 5.37. The van der Waals surface area contributed by atoms with Crippen molar-refractivity contribution in [2.75, 3.05) is 0 Å². The highest BCUT2D eigenvalue weighted by molar-refractivity contribution is 5.82. The molecule has 1 aromatic carbocycles. The summed E-state index contributed by atoms with van der Waals surface area (Å²) < 4.78 is 0. The van der Waals surface area contributed by atoms with Crippen LogP contribution < -0.4 is 5.56 Å². The van der Waals surface area contributed by atoms with Crippen molar-refractivity contribution in [1.29, 1.82) is 0 Å². The molecule has 3 aromatic rings. The highest BCUT2D eigenvalue weighted by atomic mass is 16.1. The number of benzene rings is 1. The molecular weight excluding hydrogens is 212 g/mol. The Bertz CT molecular complexity index is 717. The maximum Gasteiger partial charge on any atom is 0.257 e. The van der Waals surface area contributed by atoms with Crippen molar-refractivity contribution in [3.8, 4) is 11.1 Å². The number of hydrogen-bond donors (Lipinski definition) is 1. The third kappa shape index (κ3) is 1.72. The first-order chi connectivity index (χ1) is 8.34. The number of hydrogen-bond acceptors (Lipinski definition) is 2. The summed E-state index contributed by atoms with van der Waals surface area (Å²) in [6, 6.07) is 13.6. The first-order valence-electron chi connectivity index (χ1n) is 5.37. The van der Waals surface area contributed by atoms with Gasteiger partial charge < -0.3 is 4.98 Å². The summed E-state index contributed by atoms with van der Waals surface area (Å²) in [4.78, 5) is 18.6. The monoisotopic (exact) mass is 222 g/mol. The Morgan fingerprint density at radius 3 is 2.65 bits per heavy atom. The number of nitrogens with zero attached hydrogens (tertiary/aromatic N) is 1. The zero-order valence-corrected chi connectivity index (χ0v) is 9.05. The summed E-state index contributed by atoms with van der Waals surface area (Å²) in [6.45, 7) is 0. The normalized spacial score (nSPS) is 10.6. The second kappa shape index (κ2) is 3.87. The van der Waals surface area contributed by atoms with E-state index < -0.39 is 0 Å². The molecule has 3 heteroatoms. The van der Waals surface area contributed by atoms with Crippen LogP contribution in [0.15, 0.2) is 59.7 Å². The van der Waals surface area contributed by atoms with Gasteiger partial charge in [-0.1, -0.05) is 30.3 Å². The minimum absolute atomic E-state index is 0.104. The maximum atomic E-state index is 11.7. The van der Waals surface area contributed by atoms with Gasteiger partial charge in [-0.05, 0) is 17.7 Å². The Kier molecular flexibility index (Phi) is 2.22. The van der Waals surface area contributed by atoms with E-state index in [1.54, 1.807) is 18.5 Å². The molecule has 0 atom stereocenters. The molecule has 0 amide bonds. The summed E-state index contributed by atoms with van der Waals surface area (Å²) in [5.74, 6) is 0. The van der Waals surface area contributed by atoms with Crippen molar-refractivity contribution in [2.45, 2.75) is 0 Å². The van der Waals surface area contributed by atoms with Gasteiger partial charge in [-0.15, -0.1) is 0 Å². The van der Waals surface area contributed by atoms with Gasteiger partial charge in [-0.2, -0.15) is 0 Å². The highest BCUT2D eigenvalue weighted by Crippen LogP contribution is 2.20. The summed E-state index contributed by atoms with van der Waals surface area (Å²) in [6.07, 6.45) is 3.40. The SMILES string of the molecule is O=c1[nH]ccc2ncc(-c3ccccc3)cc12. The lowest BCUT2D eigenvalue weighted by molar-refractivity contribution is 1.26. The van der Waals surface area contributed by atoms with Crippen LogP contribution in [0.2, 0.25) is 0 Å². The molecule has 82 valence electrons. The lowest BCUT2D eigenvalue weighted by Crippen LogP contribution is -2.05. The van der Waals surface area contributed by atoms with Crippen molar-refractivity contribution in [2.24, 2.45) is 0 Å². The average molecular weight is 222 g/mol. The predicted molar refractivity (Wildman–Crippen MR) is 67.8 cm³/mol. The van der Waals surface area contributed by atoms with Gasteiger partial charge in [0, 0.05) is 18.0 Å². The van der Waals surface area contributed by atoms with Crippen LogP contribution in [0.5, 0.6) is 0 Å². The van der Waals surface area contributed by atoms with Gasteiger partial charge in [0.05, 0.1) is 10.9 Å². The highest BCUT2D eigenvalue weighted by Gasteiger charge is 2.02. The third-order valence-corrected chi connectivity index (χ3v) is 2.73. The van der Waals surface area contributed by atoms with E-state index in [0.29, 0.717) is 10.9 Å². The molecule has 1 N–H and O–H groups in total. The number of aromatic amines is 1. The van der Waals surface area contributed by atoms with Gasteiger partial charge in [0.1, 0.15) is 0 Å². The van der Waals surface area contributed by atoms with E-state index in [2.05, 4.69) is 9.97 Å². The maximum absolute atomic E-state index is 11.7. The topological polar surface area (TPSA) is 45.8 Å². The number of H-pyrrole nitrogens is 1. The van der Waals surface area contributed by atoms with Crippen molar-refractivity contribution >= 4 is 10.9 Å². The molecule has 0 unspecified atom stereocenters. The Labute approximate surface area is 97.8 Å². The summed E-state index contributed by atoms with van der Waals surface area (Å²) in [5, 5.41) is 0.619. The second-order valence-electron chi connectivity index (χ2n) is 3.83. The minimum Gasteiger partial charge on any atom is -0.328 e. The Hall–Kier alpha value is -2.42. The van der Waals surface area contributed by atoms with Crippen LogP contribution in [-0.2, 0) is 0 Å². The van der Waals surface area contributed by atoms with Gasteiger partial charge in [0.15, 0.2) is 0 Å². The van der Waals surface area contributed by atoms with Crippen LogP contribution >= 0.6 is 0 Å². The quantitative estimate of drug-likeness (QED) is 0.687. The van der Waals surface area contributed by atoms with E-state index >= 15 is 0 Å². The lowest BCUT2D eigenvalue weighted by atomic mass is 10.1. The smallest absolute Gasteiger partial charge is 0.257 e. The van der Waals surface area contributed by atoms with Crippen LogP contribution in [0.1, 0.15) is 0 Å². The fourth-order valence-electron chi connectivity index (χ4n) is 1.85. The van der Waals surface area contributed by atoms with Gasteiger partial charge in [-0.25, -0.2) is 0 Å². The molecule has 0 saturated carbocycles. The van der Waals surface area contributed by atoms with Gasteiger partial charge >= 0.3 is 0 Å². The van der Waals surface area contributed by atoms with Crippen molar-refractivity contribution in [3.05, 3.63) is 65.2 Å².